The first kappa shape index (κ1) is 18.4. The lowest BCUT2D eigenvalue weighted by molar-refractivity contribution is 0.102. The van der Waals surface area contributed by atoms with Crippen molar-refractivity contribution in [2.45, 2.75) is 31.7 Å². The van der Waals surface area contributed by atoms with E-state index in [1.165, 1.54) is 5.56 Å². The Labute approximate surface area is 165 Å². The van der Waals surface area contributed by atoms with E-state index in [2.05, 4.69) is 34.3 Å². The minimum Gasteiger partial charge on any atom is -0.449 e. The molecular formula is C23H25N3O2. The molecular weight excluding hydrogens is 350 g/mol. The van der Waals surface area contributed by atoms with E-state index in [4.69, 9.17) is 4.42 Å². The first-order valence-corrected chi connectivity index (χ1v) is 9.80. The number of hydrogen-bond donors (Lipinski definition) is 1. The second-order valence-corrected chi connectivity index (χ2v) is 7.30. The van der Waals surface area contributed by atoms with E-state index in [1.54, 1.807) is 12.5 Å². The van der Waals surface area contributed by atoms with Gasteiger partial charge in [-0.2, -0.15) is 0 Å². The van der Waals surface area contributed by atoms with Gasteiger partial charge in [-0.05, 0) is 62.7 Å². The Hall–Kier alpha value is -2.92. The van der Waals surface area contributed by atoms with Gasteiger partial charge < -0.3 is 9.73 Å². The number of amides is 1. The standard InChI is InChI=1S/C23H25N3O2/c1-17(26-13-10-19(11-14-26)23-24-12-15-28-23)20-8-5-9-21(16-20)25-22(27)18-6-3-2-4-7-18/h2-9,12,15-17,19H,10-11,13-14H2,1H3,(H,25,27). The molecule has 144 valence electrons. The fraction of sp³-hybridized carbons (Fsp3) is 0.304. The Morgan fingerprint density at radius 1 is 1.14 bits per heavy atom. The van der Waals surface area contributed by atoms with Gasteiger partial charge in [0, 0.05) is 23.2 Å². The topological polar surface area (TPSA) is 58.4 Å². The van der Waals surface area contributed by atoms with Crippen LogP contribution in [0.5, 0.6) is 0 Å². The highest BCUT2D eigenvalue weighted by molar-refractivity contribution is 6.04. The molecule has 0 bridgehead atoms. The van der Waals surface area contributed by atoms with Crippen molar-refractivity contribution in [1.82, 2.24) is 9.88 Å². The van der Waals surface area contributed by atoms with Crippen molar-refractivity contribution in [2.24, 2.45) is 0 Å². The van der Waals surface area contributed by atoms with Gasteiger partial charge >= 0.3 is 0 Å². The van der Waals surface area contributed by atoms with E-state index in [1.807, 2.05) is 42.5 Å². The lowest BCUT2D eigenvalue weighted by Crippen LogP contribution is -2.35. The number of benzene rings is 2. The highest BCUT2D eigenvalue weighted by Gasteiger charge is 2.26. The molecule has 28 heavy (non-hydrogen) atoms. The second-order valence-electron chi connectivity index (χ2n) is 7.30. The molecule has 0 saturated carbocycles. The summed E-state index contributed by atoms with van der Waals surface area (Å²) in [4.78, 5) is 19.2. The molecule has 0 aliphatic carbocycles. The van der Waals surface area contributed by atoms with Gasteiger partial charge in [-0.3, -0.25) is 9.69 Å². The summed E-state index contributed by atoms with van der Waals surface area (Å²) in [6.07, 6.45) is 5.48. The number of piperidine rings is 1. The zero-order chi connectivity index (χ0) is 19.3. The largest absolute Gasteiger partial charge is 0.449 e. The van der Waals surface area contributed by atoms with Crippen molar-refractivity contribution in [3.63, 3.8) is 0 Å². The molecule has 1 fully saturated rings. The normalized spacial score (nSPS) is 16.6. The fourth-order valence-electron chi connectivity index (χ4n) is 3.85. The van der Waals surface area contributed by atoms with Crippen LogP contribution in [-0.2, 0) is 0 Å². The van der Waals surface area contributed by atoms with Crippen LogP contribution in [0.3, 0.4) is 0 Å². The van der Waals surface area contributed by atoms with Gasteiger partial charge in [0.05, 0.1) is 6.20 Å². The van der Waals surface area contributed by atoms with Crippen molar-refractivity contribution < 1.29 is 9.21 Å². The number of aromatic nitrogens is 1. The van der Waals surface area contributed by atoms with Crippen molar-refractivity contribution >= 4 is 11.6 Å². The van der Waals surface area contributed by atoms with Gasteiger partial charge in [0.1, 0.15) is 6.26 Å². The van der Waals surface area contributed by atoms with Crippen LogP contribution < -0.4 is 5.32 Å². The van der Waals surface area contributed by atoms with Crippen LogP contribution in [0.4, 0.5) is 5.69 Å². The number of carbonyl (C=O) groups excluding carboxylic acids is 1. The van der Waals surface area contributed by atoms with Crippen molar-refractivity contribution in [3.05, 3.63) is 84.1 Å². The van der Waals surface area contributed by atoms with Crippen molar-refractivity contribution in [3.8, 4) is 0 Å². The molecule has 1 aliphatic rings. The number of rotatable bonds is 5. The summed E-state index contributed by atoms with van der Waals surface area (Å²) in [7, 11) is 0. The maximum atomic E-state index is 12.4. The van der Waals surface area contributed by atoms with E-state index in [9.17, 15) is 4.79 Å². The van der Waals surface area contributed by atoms with Crippen molar-refractivity contribution in [2.75, 3.05) is 18.4 Å². The lowest BCUT2D eigenvalue weighted by atomic mass is 9.94. The minimum atomic E-state index is -0.0860. The van der Waals surface area contributed by atoms with Gasteiger partial charge in [-0.25, -0.2) is 4.98 Å². The van der Waals surface area contributed by atoms with E-state index < -0.39 is 0 Å². The number of likely N-dealkylation sites (tertiary alicyclic amines) is 1. The number of nitrogens with one attached hydrogen (secondary N) is 1. The zero-order valence-corrected chi connectivity index (χ0v) is 16.0. The molecule has 1 aliphatic heterocycles. The molecule has 1 N–H and O–H groups in total. The molecule has 3 aromatic rings. The fourth-order valence-corrected chi connectivity index (χ4v) is 3.85. The monoisotopic (exact) mass is 375 g/mol. The predicted octanol–water partition coefficient (Wildman–Crippen LogP) is 4.87. The van der Waals surface area contributed by atoms with E-state index in [0.29, 0.717) is 17.5 Å². The lowest BCUT2D eigenvalue weighted by Gasteiger charge is -2.35. The minimum absolute atomic E-state index is 0.0860. The Kier molecular flexibility index (Phi) is 5.53. The summed E-state index contributed by atoms with van der Waals surface area (Å²) in [6, 6.07) is 17.7. The van der Waals surface area contributed by atoms with E-state index >= 15 is 0 Å². The third kappa shape index (κ3) is 4.15. The molecule has 1 saturated heterocycles. The summed E-state index contributed by atoms with van der Waals surface area (Å²) in [5.74, 6) is 1.19. The summed E-state index contributed by atoms with van der Waals surface area (Å²) in [6.45, 7) is 4.24. The zero-order valence-electron chi connectivity index (χ0n) is 16.0. The van der Waals surface area contributed by atoms with Gasteiger partial charge in [0.15, 0.2) is 5.89 Å². The molecule has 1 atom stereocenters. The van der Waals surface area contributed by atoms with Gasteiger partial charge in [0.25, 0.3) is 5.91 Å². The van der Waals surface area contributed by atoms with Gasteiger partial charge in [-0.1, -0.05) is 30.3 Å². The van der Waals surface area contributed by atoms with Crippen LogP contribution in [0, 0.1) is 0 Å². The molecule has 5 heteroatoms. The number of nitrogens with zero attached hydrogens (tertiary/aromatic N) is 2. The second kappa shape index (κ2) is 8.40. The van der Waals surface area contributed by atoms with Gasteiger partial charge in [-0.15, -0.1) is 0 Å². The third-order valence-electron chi connectivity index (χ3n) is 5.54. The van der Waals surface area contributed by atoms with Crippen LogP contribution in [0.1, 0.15) is 53.5 Å². The smallest absolute Gasteiger partial charge is 0.255 e. The third-order valence-corrected chi connectivity index (χ3v) is 5.54. The highest BCUT2D eigenvalue weighted by atomic mass is 16.3. The highest BCUT2D eigenvalue weighted by Crippen LogP contribution is 2.32. The average Bonchev–Trinajstić information content (AvgIpc) is 3.29. The Balaban J connectivity index is 1.39. The summed E-state index contributed by atoms with van der Waals surface area (Å²) in [5.41, 5.74) is 2.70. The van der Waals surface area contributed by atoms with E-state index in [0.717, 1.165) is 37.5 Å². The Bertz CT molecular complexity index is 901. The summed E-state index contributed by atoms with van der Waals surface area (Å²) < 4.78 is 5.47. The van der Waals surface area contributed by atoms with Crippen LogP contribution in [0.25, 0.3) is 0 Å². The number of hydrogen-bond acceptors (Lipinski definition) is 4. The Morgan fingerprint density at radius 3 is 2.64 bits per heavy atom. The molecule has 1 amide bonds. The van der Waals surface area contributed by atoms with Crippen molar-refractivity contribution in [1.29, 1.82) is 0 Å². The maximum Gasteiger partial charge on any atom is 0.255 e. The number of oxazole rings is 1. The molecule has 0 spiro atoms. The number of carbonyl (C=O) groups is 1. The molecule has 1 aromatic heterocycles. The van der Waals surface area contributed by atoms with Crippen LogP contribution in [-0.4, -0.2) is 28.9 Å². The SMILES string of the molecule is CC(c1cccc(NC(=O)c2ccccc2)c1)N1CCC(c2ncco2)CC1. The molecule has 0 radical (unpaired) electrons. The molecule has 2 heterocycles. The summed E-state index contributed by atoms with van der Waals surface area (Å²) >= 11 is 0. The molecule has 5 nitrogen and oxygen atoms in total. The first-order chi connectivity index (χ1) is 13.7. The Morgan fingerprint density at radius 2 is 1.93 bits per heavy atom. The quantitative estimate of drug-likeness (QED) is 0.691. The van der Waals surface area contributed by atoms with E-state index in [-0.39, 0.29) is 5.91 Å². The molecule has 4 rings (SSSR count). The predicted molar refractivity (Wildman–Crippen MR) is 109 cm³/mol. The average molecular weight is 375 g/mol. The maximum absolute atomic E-state index is 12.4. The van der Waals surface area contributed by atoms with Crippen LogP contribution in [0.15, 0.2) is 71.5 Å². The van der Waals surface area contributed by atoms with Gasteiger partial charge in [0.2, 0.25) is 0 Å². The first-order valence-electron chi connectivity index (χ1n) is 9.80. The molecule has 1 unspecified atom stereocenters. The van der Waals surface area contributed by atoms with Crippen LogP contribution >= 0.6 is 0 Å². The number of anilines is 1. The molecule has 2 aromatic carbocycles. The van der Waals surface area contributed by atoms with Crippen LogP contribution in [0.2, 0.25) is 0 Å². The summed E-state index contributed by atoms with van der Waals surface area (Å²) in [5, 5.41) is 3.00.